The Bertz CT molecular complexity index is 3370. The van der Waals surface area contributed by atoms with Crippen LogP contribution >= 0.6 is 30.3 Å². The van der Waals surface area contributed by atoms with Gasteiger partial charge in [0.15, 0.2) is 0 Å². The van der Waals surface area contributed by atoms with E-state index in [1.165, 1.54) is 21.9 Å². The van der Waals surface area contributed by atoms with Crippen molar-refractivity contribution >= 4 is 81.7 Å². The molecule has 3 saturated heterocycles. The Morgan fingerprint density at radius 2 is 1.48 bits per heavy atom. The smallest absolute Gasteiger partial charge is 0.391 e. The molecule has 7 N–H and O–H groups in total. The van der Waals surface area contributed by atoms with Gasteiger partial charge in [0.25, 0.3) is 5.91 Å². The van der Waals surface area contributed by atoms with E-state index in [0.717, 1.165) is 50.7 Å². The van der Waals surface area contributed by atoms with Gasteiger partial charge in [-0.15, -0.1) is 22.7 Å². The van der Waals surface area contributed by atoms with Crippen molar-refractivity contribution in [3.8, 4) is 10.4 Å². The number of thiazole rings is 1. The van der Waals surface area contributed by atoms with Crippen LogP contribution in [0.3, 0.4) is 0 Å². The first-order chi connectivity index (χ1) is 40.9. The Labute approximate surface area is 512 Å². The summed E-state index contributed by atoms with van der Waals surface area (Å²) in [5, 5.41) is 22.3. The number of aliphatic hydroxyl groups is 1. The molecule has 8 atom stereocenters. The normalized spacial score (nSPS) is 20.4. The number of aliphatic hydroxyl groups excluding tert-OH is 1. The van der Waals surface area contributed by atoms with Gasteiger partial charge in [0.2, 0.25) is 35.4 Å². The summed E-state index contributed by atoms with van der Waals surface area (Å²) in [6.45, 7) is 14.5. The van der Waals surface area contributed by atoms with E-state index in [2.05, 4.69) is 26.3 Å². The van der Waals surface area contributed by atoms with Gasteiger partial charge < -0.3 is 60.3 Å². The number of hydrogen-bond donors (Lipinski definition) is 7. The largest absolute Gasteiger partial charge is 0.399 e. The Morgan fingerprint density at radius 1 is 0.816 bits per heavy atom. The SMILES string of the molecule is Cc1ncsc1-c1ccc(C(C)NC(=O)[C@@H]2C[C@@H](O)CN2C(=O)C(NC(=O)CCCCNC(=O)CO[C@H]2C[C@@H](C(=O)N3CCO[C@H](c4ccccc4)C3)N(C(=O)C(NC(=O)c3cc4cc(C(F)(F)P(=O)(O)O)ccc4s3)C(C)(C)C)C2)C(C)(C)C)cc1. The van der Waals surface area contributed by atoms with Crippen LogP contribution < -0.4 is 21.3 Å². The third kappa shape index (κ3) is 16.0. The molecule has 2 aromatic heterocycles. The van der Waals surface area contributed by atoms with Crippen molar-refractivity contribution in [2.45, 2.75) is 142 Å². The number of nitrogens with one attached hydrogen (secondary N) is 4. The lowest BCUT2D eigenvalue weighted by atomic mass is 9.85. The average Bonchev–Trinajstić information content (AvgIpc) is 1.94. The summed E-state index contributed by atoms with van der Waals surface area (Å²) in [7, 11) is -5.88. The molecule has 3 aromatic carbocycles. The molecular weight excluding hydrogens is 1190 g/mol. The van der Waals surface area contributed by atoms with Crippen molar-refractivity contribution < 1.29 is 71.3 Å². The van der Waals surface area contributed by atoms with Crippen molar-refractivity contribution in [1.82, 2.24) is 41.0 Å². The lowest BCUT2D eigenvalue weighted by molar-refractivity contribution is -0.150. The fraction of sp³-hybridized carbons (Fsp3) is 0.508. The molecule has 5 heterocycles. The predicted octanol–water partition coefficient (Wildman–Crippen LogP) is 6.95. The molecule has 0 saturated carbocycles. The molecule has 21 nitrogen and oxygen atoms in total. The second-order valence-corrected chi connectivity index (χ2v) is 28.2. The second-order valence-electron chi connectivity index (χ2n) is 24.6. The number of nitrogens with zero attached hydrogens (tertiary/aromatic N) is 4. The number of aromatic nitrogens is 1. The summed E-state index contributed by atoms with van der Waals surface area (Å²) in [5.74, 6) is -3.56. The number of aryl methyl sites for hydroxylation is 1. The van der Waals surface area contributed by atoms with Crippen molar-refractivity contribution in [1.29, 1.82) is 0 Å². The molecule has 8 rings (SSSR count). The number of halogens is 2. The van der Waals surface area contributed by atoms with Crippen LogP contribution in [0.2, 0.25) is 0 Å². The summed E-state index contributed by atoms with van der Waals surface area (Å²) in [4.78, 5) is 127. The number of likely N-dealkylation sites (tertiary alicyclic amines) is 2. The van der Waals surface area contributed by atoms with E-state index in [-0.39, 0.29) is 74.8 Å². The summed E-state index contributed by atoms with van der Waals surface area (Å²) < 4.78 is 53.4. The zero-order chi connectivity index (χ0) is 63.3. The molecule has 3 unspecified atom stereocenters. The lowest BCUT2D eigenvalue weighted by Gasteiger charge is -2.38. The number of benzene rings is 3. The molecule has 3 aliphatic rings. The number of fused-ring (bicyclic) bond motifs is 1. The van der Waals surface area contributed by atoms with Crippen LogP contribution in [0.4, 0.5) is 8.78 Å². The van der Waals surface area contributed by atoms with E-state index < -0.39 is 120 Å². The number of carbonyl (C=O) groups is 7. The van der Waals surface area contributed by atoms with Gasteiger partial charge in [-0.05, 0) is 77.8 Å². The number of carbonyl (C=O) groups excluding carboxylic acids is 7. The average molecular weight is 1260 g/mol. The van der Waals surface area contributed by atoms with Gasteiger partial charge in [0, 0.05) is 55.7 Å². The monoisotopic (exact) mass is 1260 g/mol. The van der Waals surface area contributed by atoms with E-state index in [1.54, 1.807) is 63.3 Å². The molecule has 3 aliphatic heterocycles. The Kier molecular flexibility index (Phi) is 20.9. The van der Waals surface area contributed by atoms with Gasteiger partial charge in [-0.25, -0.2) is 4.98 Å². The lowest BCUT2D eigenvalue weighted by Crippen LogP contribution is -2.58. The quantitative estimate of drug-likeness (QED) is 0.0289. The topological polar surface area (TPSA) is 286 Å². The van der Waals surface area contributed by atoms with E-state index in [9.17, 15) is 61.8 Å². The highest BCUT2D eigenvalue weighted by Gasteiger charge is 2.51. The molecule has 470 valence electrons. The number of ether oxygens (including phenoxy) is 2. The Balaban J connectivity index is 0.852. The molecule has 0 aliphatic carbocycles. The molecule has 26 heteroatoms. The number of rotatable bonds is 21. The van der Waals surface area contributed by atoms with Gasteiger partial charge in [-0.1, -0.05) is 102 Å². The van der Waals surface area contributed by atoms with Crippen LogP contribution in [-0.2, 0) is 48.5 Å². The maximum atomic E-state index is 14.9. The Hall–Kier alpha value is -6.57. The van der Waals surface area contributed by atoms with Crippen LogP contribution in [-0.4, -0.2) is 158 Å². The predicted molar refractivity (Wildman–Crippen MR) is 323 cm³/mol. The third-order valence-corrected chi connectivity index (χ3v) is 19.0. The summed E-state index contributed by atoms with van der Waals surface area (Å²) >= 11 is 2.47. The van der Waals surface area contributed by atoms with Crippen LogP contribution in [0.25, 0.3) is 20.5 Å². The van der Waals surface area contributed by atoms with Crippen molar-refractivity contribution in [2.75, 3.05) is 45.9 Å². The number of amides is 7. The molecule has 0 radical (unpaired) electrons. The maximum Gasteiger partial charge on any atom is 0.399 e. The number of alkyl halides is 2. The Morgan fingerprint density at radius 3 is 2.13 bits per heavy atom. The van der Waals surface area contributed by atoms with E-state index in [4.69, 9.17) is 9.47 Å². The fourth-order valence-electron chi connectivity index (χ4n) is 11.0. The molecular formula is C61H77F2N8O13PS2. The first-order valence-electron chi connectivity index (χ1n) is 28.9. The van der Waals surface area contributed by atoms with Crippen LogP contribution in [0.1, 0.15) is 125 Å². The van der Waals surface area contributed by atoms with Gasteiger partial charge in [0.1, 0.15) is 36.9 Å². The summed E-state index contributed by atoms with van der Waals surface area (Å²) in [5.41, 5.74) is -1.71. The number of morpholine rings is 1. The molecule has 87 heavy (non-hydrogen) atoms. The molecule has 0 spiro atoms. The first kappa shape index (κ1) is 66.4. The van der Waals surface area contributed by atoms with Crippen LogP contribution in [0.15, 0.2) is 84.4 Å². The van der Waals surface area contributed by atoms with Crippen molar-refractivity contribution in [3.05, 3.63) is 112 Å². The van der Waals surface area contributed by atoms with Gasteiger partial charge in [0.05, 0.1) is 52.4 Å². The molecule has 3 fully saturated rings. The van der Waals surface area contributed by atoms with E-state index >= 15 is 0 Å². The summed E-state index contributed by atoms with van der Waals surface area (Å²) in [6, 6.07) is 16.7. The van der Waals surface area contributed by atoms with Gasteiger partial charge >= 0.3 is 13.3 Å². The first-order valence-corrected chi connectivity index (χ1v) is 32.2. The zero-order valence-electron chi connectivity index (χ0n) is 49.9. The third-order valence-electron chi connectivity index (χ3n) is 15.9. The molecule has 0 bridgehead atoms. The zero-order valence-corrected chi connectivity index (χ0v) is 52.4. The molecule has 7 amide bonds. The van der Waals surface area contributed by atoms with Crippen LogP contribution in [0.5, 0.6) is 0 Å². The van der Waals surface area contributed by atoms with Crippen molar-refractivity contribution in [3.63, 3.8) is 0 Å². The van der Waals surface area contributed by atoms with E-state index in [0.29, 0.717) is 17.5 Å². The second kappa shape index (κ2) is 27.4. The number of β-amino-alcohol motifs (C(OH)–C–C–N with tert-alkyl or cyclic N) is 1. The highest BCUT2D eigenvalue weighted by atomic mass is 32.1. The van der Waals surface area contributed by atoms with Crippen molar-refractivity contribution in [2.24, 2.45) is 10.8 Å². The van der Waals surface area contributed by atoms with E-state index in [1.807, 2.05) is 68.4 Å². The summed E-state index contributed by atoms with van der Waals surface area (Å²) in [6.07, 6.45) is -1.43. The fourth-order valence-corrected chi connectivity index (χ4v) is 13.2. The minimum absolute atomic E-state index is 0.0105. The molecule has 5 aromatic rings. The maximum absolute atomic E-state index is 14.9. The highest BCUT2D eigenvalue weighted by Crippen LogP contribution is 2.59. The van der Waals surface area contributed by atoms with Crippen LogP contribution in [0, 0.1) is 17.8 Å². The minimum atomic E-state index is -5.88. The number of hydrogen-bond acceptors (Lipinski definition) is 14. The number of unbranched alkanes of at least 4 members (excludes halogenated alkanes) is 1. The number of thiophene rings is 1. The van der Waals surface area contributed by atoms with Gasteiger partial charge in [-0.3, -0.25) is 38.1 Å². The van der Waals surface area contributed by atoms with Gasteiger partial charge in [-0.2, -0.15) is 8.78 Å². The minimum Gasteiger partial charge on any atom is -0.391 e. The standard InChI is InChI=1S/C61H77F2N8O13PS2/c1-35(37-17-19-39(20-18-37)51-36(2)65-34-86-51)66-54(75)44-28-42(72)30-70(44)57(78)52(59(3,4)5)67-49(73)16-12-13-23-64-50(74)33-84-43-29-45(56(77)69-24-25-83-46(32-69)38-14-10-9-11-15-38)71(31-43)58(79)53(60(6,7)8)68-55(76)48-27-40-26-41(21-22-47(40)87-48)61(62,63)85(80,81)82/h9-11,14-15,17-22,26-27,34-35,42-46,52-53,72H,12-13,16,23-25,28-33H2,1-8H3,(H,64,74)(H,66,75)(H,67,73)(H,68,76)(H2,80,81,82)/t35?,42-,43+,44+,45+,46+,52?,53?/m1/s1. The highest BCUT2D eigenvalue weighted by molar-refractivity contribution is 7.52.